The maximum atomic E-state index is 12.4. The number of nitrogens with one attached hydrogen (secondary N) is 2. The van der Waals surface area contributed by atoms with Gasteiger partial charge in [0.2, 0.25) is 5.56 Å². The monoisotopic (exact) mass is 341 g/mol. The van der Waals surface area contributed by atoms with Crippen LogP contribution in [0.4, 0.5) is 5.69 Å². The van der Waals surface area contributed by atoms with E-state index in [0.717, 1.165) is 43.1 Å². The highest BCUT2D eigenvalue weighted by atomic mass is 16.5. The largest absolute Gasteiger partial charge is 0.378 e. The summed E-state index contributed by atoms with van der Waals surface area (Å²) >= 11 is 0. The van der Waals surface area contributed by atoms with Gasteiger partial charge < -0.3 is 19.9 Å². The Morgan fingerprint density at radius 1 is 1.24 bits per heavy atom. The van der Waals surface area contributed by atoms with E-state index in [4.69, 9.17) is 4.74 Å². The molecule has 1 saturated heterocycles. The molecule has 25 heavy (non-hydrogen) atoms. The van der Waals surface area contributed by atoms with Gasteiger partial charge in [-0.25, -0.2) is 0 Å². The molecular formula is C19H23N3O3. The average molecular weight is 341 g/mol. The number of anilines is 1. The van der Waals surface area contributed by atoms with Crippen molar-refractivity contribution in [2.45, 2.75) is 13.3 Å². The minimum atomic E-state index is -0.122. The van der Waals surface area contributed by atoms with Crippen LogP contribution < -0.4 is 15.8 Å². The summed E-state index contributed by atoms with van der Waals surface area (Å²) in [4.78, 5) is 28.4. The number of aryl methyl sites for hydroxylation is 1. The number of amides is 1. The normalized spacial score (nSPS) is 14.4. The highest BCUT2D eigenvalue weighted by Crippen LogP contribution is 2.22. The second kappa shape index (κ2) is 7.98. The van der Waals surface area contributed by atoms with E-state index in [2.05, 4.69) is 22.1 Å². The van der Waals surface area contributed by atoms with Crippen LogP contribution in [0, 0.1) is 6.92 Å². The molecule has 6 heteroatoms. The summed E-state index contributed by atoms with van der Waals surface area (Å²) in [7, 11) is 0. The lowest BCUT2D eigenvalue weighted by Crippen LogP contribution is -2.36. The van der Waals surface area contributed by atoms with E-state index in [9.17, 15) is 9.59 Å². The van der Waals surface area contributed by atoms with Crippen molar-refractivity contribution in [1.29, 1.82) is 0 Å². The summed E-state index contributed by atoms with van der Waals surface area (Å²) in [5.74, 6) is -0.0843. The smallest absolute Gasteiger partial charge is 0.251 e. The fraction of sp³-hybridized carbons (Fsp3) is 0.368. The first-order valence-corrected chi connectivity index (χ1v) is 8.52. The number of nitrogens with zero attached hydrogens (tertiary/aromatic N) is 1. The number of rotatable bonds is 5. The summed E-state index contributed by atoms with van der Waals surface area (Å²) in [5, 5.41) is 2.94. The highest BCUT2D eigenvalue weighted by Gasteiger charge is 2.15. The molecule has 1 aromatic carbocycles. The molecular weight excluding hydrogens is 318 g/mol. The Morgan fingerprint density at radius 3 is 2.76 bits per heavy atom. The van der Waals surface area contributed by atoms with Crippen LogP contribution in [-0.4, -0.2) is 43.7 Å². The Kier molecular flexibility index (Phi) is 5.50. The molecule has 1 aromatic heterocycles. The number of benzene rings is 1. The number of aromatic nitrogens is 1. The molecule has 0 unspecified atom stereocenters. The fourth-order valence-electron chi connectivity index (χ4n) is 2.92. The zero-order valence-corrected chi connectivity index (χ0v) is 14.4. The molecule has 0 radical (unpaired) electrons. The number of hydrogen-bond acceptors (Lipinski definition) is 4. The van der Waals surface area contributed by atoms with Crippen molar-refractivity contribution in [2.24, 2.45) is 0 Å². The quantitative estimate of drug-likeness (QED) is 0.864. The van der Waals surface area contributed by atoms with E-state index in [1.165, 1.54) is 6.07 Å². The van der Waals surface area contributed by atoms with Crippen LogP contribution in [0.1, 0.15) is 21.5 Å². The molecule has 0 bridgehead atoms. The van der Waals surface area contributed by atoms with Gasteiger partial charge in [-0.1, -0.05) is 12.1 Å². The molecule has 2 heterocycles. The van der Waals surface area contributed by atoms with Crippen molar-refractivity contribution >= 4 is 11.6 Å². The Bertz CT molecular complexity index is 774. The summed E-state index contributed by atoms with van der Waals surface area (Å²) in [6.07, 6.45) is 2.35. The number of ether oxygens (including phenoxy) is 1. The van der Waals surface area contributed by atoms with Gasteiger partial charge in [0, 0.05) is 43.1 Å². The van der Waals surface area contributed by atoms with Crippen molar-refractivity contribution in [3.63, 3.8) is 0 Å². The van der Waals surface area contributed by atoms with Crippen molar-refractivity contribution in [3.8, 4) is 0 Å². The minimum absolute atomic E-state index is 0.0843. The molecule has 1 aliphatic heterocycles. The summed E-state index contributed by atoms with van der Waals surface area (Å²) < 4.78 is 5.40. The predicted molar refractivity (Wildman–Crippen MR) is 97.3 cm³/mol. The number of carbonyl (C=O) groups excluding carboxylic acids is 1. The van der Waals surface area contributed by atoms with Gasteiger partial charge in [-0.05, 0) is 36.6 Å². The standard InChI is InChI=1S/C19H23N3O3/c1-14-2-4-16(12-17(14)22-8-10-25-11-9-22)19(24)20-7-6-15-3-5-18(23)21-13-15/h2-5,12-13H,6-11H2,1H3,(H,20,24)(H,21,23). The van der Waals surface area contributed by atoms with Gasteiger partial charge in [-0.2, -0.15) is 0 Å². The number of carbonyl (C=O) groups is 1. The van der Waals surface area contributed by atoms with E-state index in [1.54, 1.807) is 12.3 Å². The van der Waals surface area contributed by atoms with Gasteiger partial charge in [0.25, 0.3) is 5.91 Å². The van der Waals surface area contributed by atoms with E-state index in [-0.39, 0.29) is 11.5 Å². The van der Waals surface area contributed by atoms with Gasteiger partial charge in [0.1, 0.15) is 0 Å². The number of hydrogen-bond donors (Lipinski definition) is 2. The molecule has 0 saturated carbocycles. The van der Waals surface area contributed by atoms with Crippen molar-refractivity contribution < 1.29 is 9.53 Å². The number of morpholine rings is 1. The molecule has 1 amide bonds. The predicted octanol–water partition coefficient (Wildman–Crippen LogP) is 1.49. The van der Waals surface area contributed by atoms with Crippen LogP contribution >= 0.6 is 0 Å². The van der Waals surface area contributed by atoms with Crippen LogP contribution in [0.25, 0.3) is 0 Å². The molecule has 132 valence electrons. The molecule has 2 N–H and O–H groups in total. The first-order valence-electron chi connectivity index (χ1n) is 8.52. The maximum Gasteiger partial charge on any atom is 0.251 e. The minimum Gasteiger partial charge on any atom is -0.378 e. The molecule has 0 aliphatic carbocycles. The molecule has 3 rings (SSSR count). The lowest BCUT2D eigenvalue weighted by Gasteiger charge is -2.30. The first kappa shape index (κ1) is 17.2. The third-order valence-electron chi connectivity index (χ3n) is 4.37. The van der Waals surface area contributed by atoms with E-state index >= 15 is 0 Å². The van der Waals surface area contributed by atoms with Crippen LogP contribution in [-0.2, 0) is 11.2 Å². The van der Waals surface area contributed by atoms with Crippen LogP contribution in [0.3, 0.4) is 0 Å². The Morgan fingerprint density at radius 2 is 2.04 bits per heavy atom. The van der Waals surface area contributed by atoms with Gasteiger partial charge >= 0.3 is 0 Å². The molecule has 1 aliphatic rings. The van der Waals surface area contributed by atoms with Gasteiger partial charge in [0.05, 0.1) is 13.2 Å². The fourth-order valence-corrected chi connectivity index (χ4v) is 2.92. The Hall–Kier alpha value is -2.60. The Labute approximate surface area is 146 Å². The number of pyridine rings is 1. The summed E-state index contributed by atoms with van der Waals surface area (Å²) in [6, 6.07) is 9.06. The number of aromatic amines is 1. The van der Waals surface area contributed by atoms with E-state index < -0.39 is 0 Å². The van der Waals surface area contributed by atoms with Crippen LogP contribution in [0.5, 0.6) is 0 Å². The first-order chi connectivity index (χ1) is 12.1. The zero-order chi connectivity index (χ0) is 17.6. The van der Waals surface area contributed by atoms with Crippen molar-refractivity contribution in [3.05, 3.63) is 63.6 Å². The molecule has 0 atom stereocenters. The van der Waals surface area contributed by atoms with Gasteiger partial charge in [-0.3, -0.25) is 9.59 Å². The van der Waals surface area contributed by atoms with Crippen LogP contribution in [0.2, 0.25) is 0 Å². The second-order valence-corrected chi connectivity index (χ2v) is 6.17. The van der Waals surface area contributed by atoms with Crippen LogP contribution in [0.15, 0.2) is 41.3 Å². The molecule has 0 spiro atoms. The Balaban J connectivity index is 1.61. The topological polar surface area (TPSA) is 74.4 Å². The van der Waals surface area contributed by atoms with Crippen molar-refractivity contribution in [2.75, 3.05) is 37.7 Å². The van der Waals surface area contributed by atoms with E-state index in [0.29, 0.717) is 18.5 Å². The number of H-pyrrole nitrogens is 1. The van der Waals surface area contributed by atoms with E-state index in [1.807, 2.05) is 18.2 Å². The molecule has 1 fully saturated rings. The third-order valence-corrected chi connectivity index (χ3v) is 4.37. The summed E-state index contributed by atoms with van der Waals surface area (Å²) in [5.41, 5.74) is 3.78. The van der Waals surface area contributed by atoms with Crippen molar-refractivity contribution in [1.82, 2.24) is 10.3 Å². The second-order valence-electron chi connectivity index (χ2n) is 6.17. The lowest BCUT2D eigenvalue weighted by molar-refractivity contribution is 0.0954. The molecule has 2 aromatic rings. The SMILES string of the molecule is Cc1ccc(C(=O)NCCc2ccc(=O)[nH]c2)cc1N1CCOCC1. The van der Waals surface area contributed by atoms with Gasteiger partial charge in [-0.15, -0.1) is 0 Å². The lowest BCUT2D eigenvalue weighted by atomic mass is 10.1. The molecule has 6 nitrogen and oxygen atoms in total. The highest BCUT2D eigenvalue weighted by molar-refractivity contribution is 5.95. The summed E-state index contributed by atoms with van der Waals surface area (Å²) in [6.45, 7) is 5.70. The third kappa shape index (κ3) is 4.48. The van der Waals surface area contributed by atoms with Gasteiger partial charge in [0.15, 0.2) is 0 Å². The average Bonchev–Trinajstić information content (AvgIpc) is 2.64. The maximum absolute atomic E-state index is 12.4. The zero-order valence-electron chi connectivity index (χ0n) is 14.4.